The first-order chi connectivity index (χ1) is 9.73. The molecule has 0 aromatic rings. The van der Waals surface area contributed by atoms with Crippen molar-refractivity contribution in [2.45, 2.75) is 58.0 Å². The third-order valence-corrected chi connectivity index (χ3v) is 5.64. The smallest absolute Gasteiger partial charge is 0.0599 e. The second kappa shape index (κ2) is 8.14. The van der Waals surface area contributed by atoms with Gasteiger partial charge in [-0.3, -0.25) is 0 Å². The van der Waals surface area contributed by atoms with Gasteiger partial charge in [0.25, 0.3) is 0 Å². The molecule has 0 radical (unpaired) electrons. The molecule has 1 atom stereocenters. The molecule has 124 valence electrons. The highest BCUT2D eigenvalue weighted by Crippen LogP contribution is 2.28. The second-order valence-corrected chi connectivity index (χ2v) is 7.70. The van der Waals surface area contributed by atoms with Crippen LogP contribution in [0, 0.1) is 11.3 Å². The van der Waals surface area contributed by atoms with E-state index in [-0.39, 0.29) is 12.4 Å². The molecular formula is C17H33ClN2O. The Bertz CT molecular complexity index is 293. The molecule has 2 saturated heterocycles. The minimum absolute atomic E-state index is 0. The maximum absolute atomic E-state index is 6.17. The van der Waals surface area contributed by atoms with Crippen LogP contribution in [0.1, 0.15) is 51.9 Å². The maximum atomic E-state index is 6.17. The van der Waals surface area contributed by atoms with Crippen molar-refractivity contribution in [1.29, 1.82) is 0 Å². The van der Waals surface area contributed by atoms with Crippen LogP contribution in [-0.4, -0.2) is 50.3 Å². The highest BCUT2D eigenvalue weighted by atomic mass is 35.5. The first-order valence-corrected chi connectivity index (χ1v) is 8.78. The van der Waals surface area contributed by atoms with Gasteiger partial charge in [-0.05, 0) is 50.0 Å². The van der Waals surface area contributed by atoms with Gasteiger partial charge in [0.2, 0.25) is 0 Å². The Morgan fingerprint density at radius 2 is 1.86 bits per heavy atom. The summed E-state index contributed by atoms with van der Waals surface area (Å²) < 4.78 is 6.17. The Labute approximate surface area is 136 Å². The number of ether oxygens (including phenoxy) is 1. The summed E-state index contributed by atoms with van der Waals surface area (Å²) in [5.41, 5.74) is 0.511. The first kappa shape index (κ1) is 17.5. The van der Waals surface area contributed by atoms with Crippen LogP contribution in [-0.2, 0) is 4.74 Å². The number of nitrogens with one attached hydrogen (secondary N) is 1. The van der Waals surface area contributed by atoms with E-state index in [1.165, 1.54) is 77.7 Å². The fourth-order valence-corrected chi connectivity index (χ4v) is 4.23. The molecular weight excluding hydrogens is 284 g/mol. The number of hydrogen-bond acceptors (Lipinski definition) is 3. The van der Waals surface area contributed by atoms with Crippen molar-refractivity contribution in [2.75, 3.05) is 39.3 Å². The molecule has 1 N–H and O–H groups in total. The van der Waals surface area contributed by atoms with Gasteiger partial charge in [0.1, 0.15) is 0 Å². The molecule has 1 aliphatic carbocycles. The zero-order valence-electron chi connectivity index (χ0n) is 13.6. The van der Waals surface area contributed by atoms with E-state index in [4.69, 9.17) is 4.74 Å². The van der Waals surface area contributed by atoms with E-state index < -0.39 is 0 Å². The molecule has 3 aliphatic rings. The van der Waals surface area contributed by atoms with Gasteiger partial charge in [0.15, 0.2) is 0 Å². The summed E-state index contributed by atoms with van der Waals surface area (Å²) in [4.78, 5) is 2.67. The Hall–Kier alpha value is 0.170. The summed E-state index contributed by atoms with van der Waals surface area (Å²) in [6, 6.07) is 0. The molecule has 0 spiro atoms. The van der Waals surface area contributed by atoms with Crippen molar-refractivity contribution in [3.05, 3.63) is 0 Å². The van der Waals surface area contributed by atoms with Crippen molar-refractivity contribution in [3.63, 3.8) is 0 Å². The summed E-state index contributed by atoms with van der Waals surface area (Å²) in [6.07, 6.45) is 10.0. The van der Waals surface area contributed by atoms with Crippen LogP contribution < -0.4 is 5.32 Å². The molecule has 3 nitrogen and oxygen atoms in total. The summed E-state index contributed by atoms with van der Waals surface area (Å²) in [7, 11) is 0. The largest absolute Gasteiger partial charge is 0.378 e. The fraction of sp³-hybridized carbons (Fsp3) is 1.00. The van der Waals surface area contributed by atoms with Gasteiger partial charge in [0.05, 0.1) is 6.10 Å². The van der Waals surface area contributed by atoms with Gasteiger partial charge in [0, 0.05) is 32.8 Å². The average Bonchev–Trinajstić information content (AvgIpc) is 3.10. The topological polar surface area (TPSA) is 24.5 Å². The Morgan fingerprint density at radius 3 is 2.48 bits per heavy atom. The second-order valence-electron chi connectivity index (χ2n) is 7.70. The lowest BCUT2D eigenvalue weighted by molar-refractivity contribution is -0.0137. The van der Waals surface area contributed by atoms with Crippen molar-refractivity contribution in [1.82, 2.24) is 10.2 Å². The van der Waals surface area contributed by atoms with Crippen LogP contribution in [0.3, 0.4) is 0 Å². The fourth-order valence-electron chi connectivity index (χ4n) is 4.23. The normalized spacial score (nSPS) is 32.4. The molecule has 4 heteroatoms. The lowest BCUT2D eigenvalue weighted by atomic mass is 9.88. The predicted octanol–water partition coefficient (Wildman–Crippen LogP) is 3.08. The van der Waals surface area contributed by atoms with Crippen molar-refractivity contribution in [3.8, 4) is 0 Å². The predicted molar refractivity (Wildman–Crippen MR) is 90.2 cm³/mol. The lowest BCUT2D eigenvalue weighted by Gasteiger charge is -2.37. The van der Waals surface area contributed by atoms with E-state index in [1.807, 2.05) is 0 Å². The minimum Gasteiger partial charge on any atom is -0.378 e. The van der Waals surface area contributed by atoms with E-state index in [1.54, 1.807) is 0 Å². The van der Waals surface area contributed by atoms with Gasteiger partial charge >= 0.3 is 0 Å². The number of piperidine rings is 1. The molecule has 0 aromatic heterocycles. The van der Waals surface area contributed by atoms with Crippen molar-refractivity contribution in [2.24, 2.45) is 11.3 Å². The third kappa shape index (κ3) is 5.09. The van der Waals surface area contributed by atoms with E-state index in [9.17, 15) is 0 Å². The standard InChI is InChI=1S/C17H32N2O.ClH/c1-17(8-9-18-13-17)14-19-10-6-16(7-11-19)20-12-15-4-2-3-5-15;/h15-16,18H,2-14H2,1H3;1H. The van der Waals surface area contributed by atoms with Gasteiger partial charge in [-0.2, -0.15) is 0 Å². The lowest BCUT2D eigenvalue weighted by Crippen LogP contribution is -2.43. The number of halogens is 1. The summed E-state index contributed by atoms with van der Waals surface area (Å²) >= 11 is 0. The van der Waals surface area contributed by atoms with Crippen molar-refractivity contribution >= 4 is 12.4 Å². The molecule has 3 rings (SSSR count). The zero-order valence-corrected chi connectivity index (χ0v) is 14.4. The third-order valence-electron chi connectivity index (χ3n) is 5.64. The Balaban J connectivity index is 0.00000161. The monoisotopic (exact) mass is 316 g/mol. The first-order valence-electron chi connectivity index (χ1n) is 8.78. The van der Waals surface area contributed by atoms with Gasteiger partial charge < -0.3 is 15.0 Å². The van der Waals surface area contributed by atoms with Crippen LogP contribution in [0.5, 0.6) is 0 Å². The Kier molecular flexibility index (Phi) is 6.79. The SMILES string of the molecule is CC1(CN2CCC(OCC3CCCC3)CC2)CCNC1.Cl. The van der Waals surface area contributed by atoms with Crippen LogP contribution in [0.4, 0.5) is 0 Å². The summed E-state index contributed by atoms with van der Waals surface area (Å²) in [6.45, 7) is 9.63. The average molecular weight is 317 g/mol. The van der Waals surface area contributed by atoms with Crippen molar-refractivity contribution < 1.29 is 4.74 Å². The highest BCUT2D eigenvalue weighted by molar-refractivity contribution is 5.85. The molecule has 1 saturated carbocycles. The van der Waals surface area contributed by atoms with E-state index in [0.717, 1.165) is 12.5 Å². The summed E-state index contributed by atoms with van der Waals surface area (Å²) in [5.74, 6) is 0.872. The molecule has 21 heavy (non-hydrogen) atoms. The van der Waals surface area contributed by atoms with Gasteiger partial charge in [-0.15, -0.1) is 12.4 Å². The molecule has 0 aromatic carbocycles. The van der Waals surface area contributed by atoms with Crippen LogP contribution in [0.2, 0.25) is 0 Å². The maximum Gasteiger partial charge on any atom is 0.0599 e. The minimum atomic E-state index is 0. The van der Waals surface area contributed by atoms with E-state index in [2.05, 4.69) is 17.1 Å². The molecule has 0 amide bonds. The van der Waals surface area contributed by atoms with Gasteiger partial charge in [-0.1, -0.05) is 19.8 Å². The van der Waals surface area contributed by atoms with Crippen LogP contribution in [0.25, 0.3) is 0 Å². The number of likely N-dealkylation sites (tertiary alicyclic amines) is 1. The molecule has 2 heterocycles. The van der Waals surface area contributed by atoms with Crippen LogP contribution >= 0.6 is 12.4 Å². The molecule has 0 bridgehead atoms. The Morgan fingerprint density at radius 1 is 1.14 bits per heavy atom. The van der Waals surface area contributed by atoms with E-state index >= 15 is 0 Å². The molecule has 1 unspecified atom stereocenters. The zero-order chi connectivity index (χ0) is 13.8. The molecule has 3 fully saturated rings. The number of hydrogen-bond donors (Lipinski definition) is 1. The number of nitrogens with zero attached hydrogens (tertiary/aromatic N) is 1. The number of rotatable bonds is 5. The molecule has 2 aliphatic heterocycles. The quantitative estimate of drug-likeness (QED) is 0.843. The van der Waals surface area contributed by atoms with E-state index in [0.29, 0.717) is 11.5 Å². The van der Waals surface area contributed by atoms with Gasteiger partial charge in [-0.25, -0.2) is 0 Å². The highest BCUT2D eigenvalue weighted by Gasteiger charge is 2.32. The summed E-state index contributed by atoms with van der Waals surface area (Å²) in [5, 5.41) is 3.51. The van der Waals surface area contributed by atoms with Crippen LogP contribution in [0.15, 0.2) is 0 Å².